The van der Waals surface area contributed by atoms with Crippen molar-refractivity contribution in [3.63, 3.8) is 0 Å². The standard InChI is InChI=1S/C18H26ClFN2O5S/c1-26-11-9-21(10-12-27-2)18(23)14-5-7-22(8-6-14)28(24,25)15-3-4-17(20)16(19)13-15/h3-4,13-14H,5-12H2,1-2H3. The van der Waals surface area contributed by atoms with Crippen LogP contribution >= 0.6 is 11.6 Å². The summed E-state index contributed by atoms with van der Waals surface area (Å²) < 4.78 is 50.3. The summed E-state index contributed by atoms with van der Waals surface area (Å²) >= 11 is 5.71. The third kappa shape index (κ3) is 5.64. The van der Waals surface area contributed by atoms with E-state index in [1.807, 2.05) is 0 Å². The molecule has 0 atom stereocenters. The molecule has 1 aliphatic heterocycles. The monoisotopic (exact) mass is 436 g/mol. The van der Waals surface area contributed by atoms with Crippen molar-refractivity contribution in [3.05, 3.63) is 29.0 Å². The van der Waals surface area contributed by atoms with Crippen molar-refractivity contribution in [3.8, 4) is 0 Å². The minimum atomic E-state index is -3.78. The second-order valence-electron chi connectivity index (χ2n) is 6.57. The van der Waals surface area contributed by atoms with Gasteiger partial charge in [-0.1, -0.05) is 11.6 Å². The van der Waals surface area contributed by atoms with Gasteiger partial charge in [-0.2, -0.15) is 4.31 Å². The fourth-order valence-electron chi connectivity index (χ4n) is 3.12. The number of rotatable bonds is 9. The van der Waals surface area contributed by atoms with Gasteiger partial charge in [-0.15, -0.1) is 0 Å². The predicted octanol–water partition coefficient (Wildman–Crippen LogP) is 2.00. The third-order valence-electron chi connectivity index (χ3n) is 4.77. The summed E-state index contributed by atoms with van der Waals surface area (Å²) in [5, 5.41) is -0.238. The summed E-state index contributed by atoms with van der Waals surface area (Å²) in [7, 11) is -0.635. The molecule has 1 amide bonds. The molecule has 2 rings (SSSR count). The zero-order valence-corrected chi connectivity index (χ0v) is 17.6. The van der Waals surface area contributed by atoms with Crippen molar-refractivity contribution in [1.29, 1.82) is 0 Å². The molecule has 0 radical (unpaired) electrons. The Morgan fingerprint density at radius 3 is 2.29 bits per heavy atom. The van der Waals surface area contributed by atoms with Crippen molar-refractivity contribution in [2.45, 2.75) is 17.7 Å². The minimum Gasteiger partial charge on any atom is -0.383 e. The van der Waals surface area contributed by atoms with E-state index in [-0.39, 0.29) is 34.8 Å². The second-order valence-corrected chi connectivity index (χ2v) is 8.91. The molecule has 0 aromatic heterocycles. The first-order chi connectivity index (χ1) is 13.3. The summed E-state index contributed by atoms with van der Waals surface area (Å²) in [5.74, 6) is -0.940. The van der Waals surface area contributed by atoms with Crippen LogP contribution in [0.25, 0.3) is 0 Å². The first-order valence-corrected chi connectivity index (χ1v) is 10.8. The molecule has 0 bridgehead atoms. The van der Waals surface area contributed by atoms with Crippen LogP contribution in [0.5, 0.6) is 0 Å². The van der Waals surface area contributed by atoms with E-state index in [4.69, 9.17) is 21.1 Å². The maximum Gasteiger partial charge on any atom is 0.243 e. The molecular weight excluding hydrogens is 411 g/mol. The molecule has 1 aliphatic rings. The molecule has 1 aromatic rings. The van der Waals surface area contributed by atoms with Crippen molar-refractivity contribution in [2.75, 3.05) is 53.6 Å². The van der Waals surface area contributed by atoms with Gasteiger partial charge in [0.05, 0.1) is 23.1 Å². The SMILES string of the molecule is COCCN(CCOC)C(=O)C1CCN(S(=O)(=O)c2ccc(F)c(Cl)c2)CC1. The highest BCUT2D eigenvalue weighted by Crippen LogP contribution is 2.27. The molecule has 0 N–H and O–H groups in total. The fraction of sp³-hybridized carbons (Fsp3) is 0.611. The molecule has 1 saturated heterocycles. The smallest absolute Gasteiger partial charge is 0.243 e. The molecule has 1 aromatic carbocycles. The number of carbonyl (C=O) groups is 1. The first-order valence-electron chi connectivity index (χ1n) is 9.03. The number of halogens is 2. The van der Waals surface area contributed by atoms with Crippen molar-refractivity contribution < 1.29 is 27.1 Å². The number of sulfonamides is 1. The lowest BCUT2D eigenvalue weighted by Crippen LogP contribution is -2.46. The number of methoxy groups -OCH3 is 2. The van der Waals surface area contributed by atoms with E-state index >= 15 is 0 Å². The van der Waals surface area contributed by atoms with Crippen molar-refractivity contribution in [2.24, 2.45) is 5.92 Å². The summed E-state index contributed by atoms with van der Waals surface area (Å²) in [6, 6.07) is 3.35. The molecule has 1 fully saturated rings. The maximum absolute atomic E-state index is 13.3. The van der Waals surface area contributed by atoms with Gasteiger partial charge in [0.25, 0.3) is 0 Å². The zero-order valence-electron chi connectivity index (χ0n) is 16.1. The molecule has 28 heavy (non-hydrogen) atoms. The molecule has 1 heterocycles. The van der Waals surface area contributed by atoms with Crippen LogP contribution in [-0.4, -0.2) is 77.1 Å². The summed E-state index contributed by atoms with van der Waals surface area (Å²) in [6.07, 6.45) is 0.840. The molecule has 7 nitrogen and oxygen atoms in total. The first kappa shape index (κ1) is 23.0. The van der Waals surface area contributed by atoms with Gasteiger partial charge in [-0.05, 0) is 31.0 Å². The number of piperidine rings is 1. The van der Waals surface area contributed by atoms with Crippen LogP contribution in [0.3, 0.4) is 0 Å². The average molecular weight is 437 g/mol. The van der Waals surface area contributed by atoms with Gasteiger partial charge in [0, 0.05) is 46.3 Å². The zero-order chi connectivity index (χ0) is 20.7. The van der Waals surface area contributed by atoms with Gasteiger partial charge < -0.3 is 14.4 Å². The average Bonchev–Trinajstić information content (AvgIpc) is 2.69. The molecule has 0 saturated carbocycles. The Labute approximate surface area is 170 Å². The van der Waals surface area contributed by atoms with Crippen LogP contribution in [-0.2, 0) is 24.3 Å². The number of hydrogen-bond donors (Lipinski definition) is 0. The number of hydrogen-bond acceptors (Lipinski definition) is 5. The van der Waals surface area contributed by atoms with E-state index < -0.39 is 15.8 Å². The number of carbonyl (C=O) groups excluding carboxylic acids is 1. The fourth-order valence-corrected chi connectivity index (χ4v) is 4.86. The van der Waals surface area contributed by atoms with E-state index in [9.17, 15) is 17.6 Å². The highest BCUT2D eigenvalue weighted by atomic mass is 35.5. The van der Waals surface area contributed by atoms with Crippen LogP contribution in [0, 0.1) is 11.7 Å². The molecule has 158 valence electrons. The highest BCUT2D eigenvalue weighted by Gasteiger charge is 2.34. The van der Waals surface area contributed by atoms with Crippen LogP contribution in [0.2, 0.25) is 5.02 Å². The van der Waals surface area contributed by atoms with Crippen molar-refractivity contribution >= 4 is 27.5 Å². The number of benzene rings is 1. The number of ether oxygens (including phenoxy) is 2. The Morgan fingerprint density at radius 2 is 1.79 bits per heavy atom. The van der Waals surface area contributed by atoms with Crippen LogP contribution < -0.4 is 0 Å². The Hall–Kier alpha value is -1.26. The van der Waals surface area contributed by atoms with E-state index in [1.54, 1.807) is 19.1 Å². The topological polar surface area (TPSA) is 76.2 Å². The lowest BCUT2D eigenvalue weighted by Gasteiger charge is -2.33. The van der Waals surface area contributed by atoms with Crippen LogP contribution in [0.4, 0.5) is 4.39 Å². The van der Waals surface area contributed by atoms with E-state index in [0.29, 0.717) is 39.1 Å². The summed E-state index contributed by atoms with van der Waals surface area (Å²) in [4.78, 5) is 14.5. The number of nitrogens with zero attached hydrogens (tertiary/aromatic N) is 2. The lowest BCUT2D eigenvalue weighted by atomic mass is 9.96. The summed E-state index contributed by atoms with van der Waals surface area (Å²) in [6.45, 7) is 2.21. The van der Waals surface area contributed by atoms with Gasteiger partial charge >= 0.3 is 0 Å². The summed E-state index contributed by atoms with van der Waals surface area (Å²) in [5.41, 5.74) is 0. The largest absolute Gasteiger partial charge is 0.383 e. The van der Waals surface area contributed by atoms with Crippen LogP contribution in [0.1, 0.15) is 12.8 Å². The Kier molecular flexibility index (Phi) is 8.63. The normalized spacial score (nSPS) is 16.3. The van der Waals surface area contributed by atoms with Gasteiger partial charge in [-0.3, -0.25) is 4.79 Å². The highest BCUT2D eigenvalue weighted by molar-refractivity contribution is 7.89. The second kappa shape index (κ2) is 10.5. The van der Waals surface area contributed by atoms with E-state index in [0.717, 1.165) is 12.1 Å². The predicted molar refractivity (Wildman–Crippen MR) is 103 cm³/mol. The Balaban J connectivity index is 2.01. The van der Waals surface area contributed by atoms with Crippen LogP contribution in [0.15, 0.2) is 23.1 Å². The molecule has 0 unspecified atom stereocenters. The van der Waals surface area contributed by atoms with Gasteiger partial charge in [0.15, 0.2) is 0 Å². The van der Waals surface area contributed by atoms with Gasteiger partial charge in [-0.25, -0.2) is 12.8 Å². The molecule has 0 aliphatic carbocycles. The minimum absolute atomic E-state index is 0.0176. The van der Waals surface area contributed by atoms with E-state index in [2.05, 4.69) is 0 Å². The Bertz CT molecular complexity index is 761. The lowest BCUT2D eigenvalue weighted by molar-refractivity contribution is -0.138. The van der Waals surface area contributed by atoms with Gasteiger partial charge in [0.2, 0.25) is 15.9 Å². The van der Waals surface area contributed by atoms with Crippen molar-refractivity contribution in [1.82, 2.24) is 9.21 Å². The number of amides is 1. The molecule has 0 spiro atoms. The quantitative estimate of drug-likeness (QED) is 0.591. The molecule has 10 heteroatoms. The third-order valence-corrected chi connectivity index (χ3v) is 6.96. The maximum atomic E-state index is 13.3. The van der Waals surface area contributed by atoms with E-state index in [1.165, 1.54) is 10.4 Å². The molecular formula is C18H26ClFN2O5S. The Morgan fingerprint density at radius 1 is 1.21 bits per heavy atom. The van der Waals surface area contributed by atoms with Gasteiger partial charge in [0.1, 0.15) is 5.82 Å².